The van der Waals surface area contributed by atoms with Crippen molar-refractivity contribution in [1.82, 2.24) is 23.6 Å². The molecule has 0 bridgehead atoms. The standard InChI is InChI=1S/C25H30FN5O3S/c1-23(2,3)34-22(32)30-7-5-24(6-8-30)14-25(15-24)20-17(13-33-25)10-27-21-18(20)9-19(31(21)35-26)16-11-28-29(4)12-16/h9-12H,5-8,13-15H2,1-4H3. The van der Waals surface area contributed by atoms with Crippen LogP contribution >= 0.6 is 12.3 Å². The molecule has 2 fully saturated rings. The molecule has 5 heterocycles. The summed E-state index contributed by atoms with van der Waals surface area (Å²) in [5, 5.41) is 5.20. The van der Waals surface area contributed by atoms with Gasteiger partial charge in [-0.15, -0.1) is 3.89 Å². The average Bonchev–Trinajstić information content (AvgIpc) is 3.47. The zero-order valence-electron chi connectivity index (χ0n) is 20.5. The zero-order chi connectivity index (χ0) is 24.6. The molecule has 1 saturated heterocycles. The van der Waals surface area contributed by atoms with Crippen molar-refractivity contribution in [1.29, 1.82) is 0 Å². The van der Waals surface area contributed by atoms with Gasteiger partial charge in [-0.05, 0) is 57.9 Å². The van der Waals surface area contributed by atoms with E-state index < -0.39 is 5.60 Å². The van der Waals surface area contributed by atoms with E-state index in [1.165, 1.54) is 3.97 Å². The number of ether oxygens (including phenoxy) is 2. The fourth-order valence-electron chi connectivity index (χ4n) is 6.21. The van der Waals surface area contributed by atoms with Gasteiger partial charge in [-0.25, -0.2) is 13.8 Å². The van der Waals surface area contributed by atoms with E-state index in [4.69, 9.17) is 9.47 Å². The first-order valence-corrected chi connectivity index (χ1v) is 12.7. The number of nitrogens with zero attached hydrogens (tertiary/aromatic N) is 5. The SMILES string of the molecule is Cn1cc(-c2cc3c4c(cnc3n2SF)COC42CC3(CCN(C(=O)OC(C)(C)C)CC3)C2)cn1. The van der Waals surface area contributed by atoms with Crippen LogP contribution in [-0.2, 0) is 28.7 Å². The van der Waals surface area contributed by atoms with Crippen molar-refractivity contribution in [2.24, 2.45) is 12.5 Å². The Kier molecular flexibility index (Phi) is 5.03. The molecule has 1 amide bonds. The van der Waals surface area contributed by atoms with Gasteiger partial charge in [0, 0.05) is 54.6 Å². The molecule has 10 heteroatoms. The minimum atomic E-state index is -0.490. The monoisotopic (exact) mass is 499 g/mol. The predicted molar refractivity (Wildman–Crippen MR) is 131 cm³/mol. The molecule has 1 aliphatic carbocycles. The van der Waals surface area contributed by atoms with Crippen molar-refractivity contribution in [2.45, 2.75) is 64.3 Å². The van der Waals surface area contributed by atoms with Crippen LogP contribution < -0.4 is 0 Å². The number of hydrogen-bond donors (Lipinski definition) is 0. The first-order chi connectivity index (χ1) is 16.6. The lowest BCUT2D eigenvalue weighted by Gasteiger charge is -2.57. The number of aromatic nitrogens is 4. The summed E-state index contributed by atoms with van der Waals surface area (Å²) in [7, 11) is 1.85. The molecule has 0 aromatic carbocycles. The number of aryl methyl sites for hydroxylation is 1. The van der Waals surface area contributed by atoms with Crippen molar-refractivity contribution in [3.8, 4) is 11.3 Å². The highest BCUT2D eigenvalue weighted by molar-refractivity contribution is 7.93. The Balaban J connectivity index is 1.27. The molecule has 0 unspecified atom stereocenters. The number of pyridine rings is 1. The molecule has 6 rings (SSSR count). The minimum absolute atomic E-state index is 0.152. The summed E-state index contributed by atoms with van der Waals surface area (Å²) < 4.78 is 29.4. The average molecular weight is 500 g/mol. The highest BCUT2D eigenvalue weighted by atomic mass is 32.2. The molecule has 2 aliphatic heterocycles. The van der Waals surface area contributed by atoms with Crippen LogP contribution in [0.3, 0.4) is 0 Å². The molecule has 0 atom stereocenters. The molecule has 3 aromatic rings. The van der Waals surface area contributed by atoms with Crippen LogP contribution in [0.5, 0.6) is 0 Å². The Hall–Kier alpha value is -2.59. The lowest BCUT2D eigenvalue weighted by Crippen LogP contribution is -2.55. The van der Waals surface area contributed by atoms with E-state index in [-0.39, 0.29) is 29.4 Å². The Bertz CT molecular complexity index is 1310. The van der Waals surface area contributed by atoms with Gasteiger partial charge in [-0.3, -0.25) is 4.68 Å². The first-order valence-electron chi connectivity index (χ1n) is 12.1. The van der Waals surface area contributed by atoms with Crippen LogP contribution in [0.25, 0.3) is 22.3 Å². The molecule has 3 aliphatic rings. The number of carbonyl (C=O) groups is 1. The fourth-order valence-corrected chi connectivity index (χ4v) is 6.65. The van der Waals surface area contributed by atoms with E-state index in [9.17, 15) is 8.68 Å². The Labute approximate surface area is 208 Å². The number of amides is 1. The Morgan fingerprint density at radius 3 is 2.60 bits per heavy atom. The van der Waals surface area contributed by atoms with Gasteiger partial charge in [0.25, 0.3) is 0 Å². The van der Waals surface area contributed by atoms with Crippen molar-refractivity contribution in [2.75, 3.05) is 13.1 Å². The summed E-state index contributed by atoms with van der Waals surface area (Å²) in [5.74, 6) is 0. The van der Waals surface area contributed by atoms with E-state index in [2.05, 4.69) is 10.1 Å². The third kappa shape index (κ3) is 3.64. The summed E-state index contributed by atoms with van der Waals surface area (Å²) in [5.41, 5.74) is 3.72. The second-order valence-corrected chi connectivity index (χ2v) is 11.8. The molecule has 1 saturated carbocycles. The first kappa shape index (κ1) is 22.8. The van der Waals surface area contributed by atoms with Crippen molar-refractivity contribution < 1.29 is 18.2 Å². The number of rotatable bonds is 2. The quantitative estimate of drug-likeness (QED) is 0.473. The summed E-state index contributed by atoms with van der Waals surface area (Å²) >= 11 is 0.162. The summed E-state index contributed by atoms with van der Waals surface area (Å²) in [6.45, 7) is 7.60. The van der Waals surface area contributed by atoms with Gasteiger partial charge in [0.2, 0.25) is 0 Å². The van der Waals surface area contributed by atoms with Crippen LogP contribution in [0.1, 0.15) is 57.6 Å². The number of fused-ring (bicyclic) bond motifs is 4. The lowest BCUT2D eigenvalue weighted by molar-refractivity contribution is -0.181. The number of likely N-dealkylation sites (tertiary alicyclic amines) is 1. The van der Waals surface area contributed by atoms with E-state index in [1.54, 1.807) is 10.9 Å². The van der Waals surface area contributed by atoms with Crippen LogP contribution in [-0.4, -0.2) is 48.4 Å². The fraction of sp³-hybridized carbons (Fsp3) is 0.560. The Morgan fingerprint density at radius 1 is 1.23 bits per heavy atom. The molecule has 35 heavy (non-hydrogen) atoms. The van der Waals surface area contributed by atoms with Crippen molar-refractivity contribution >= 4 is 29.5 Å². The van der Waals surface area contributed by atoms with Gasteiger partial charge < -0.3 is 14.4 Å². The normalized spacial score (nSPS) is 20.4. The van der Waals surface area contributed by atoms with Gasteiger partial charge in [-0.1, -0.05) is 0 Å². The molecule has 0 radical (unpaired) electrons. The van der Waals surface area contributed by atoms with Gasteiger partial charge in [0.1, 0.15) is 5.60 Å². The number of hydrogen-bond acceptors (Lipinski definition) is 6. The summed E-state index contributed by atoms with van der Waals surface area (Å²) in [6, 6.07) is 2.03. The third-order valence-corrected chi connectivity index (χ3v) is 8.20. The lowest BCUT2D eigenvalue weighted by atomic mass is 9.53. The molecule has 186 valence electrons. The summed E-state index contributed by atoms with van der Waals surface area (Å²) in [4.78, 5) is 18.9. The number of carbonyl (C=O) groups excluding carboxylic acids is 1. The van der Waals surface area contributed by atoms with Gasteiger partial charge >= 0.3 is 6.09 Å². The van der Waals surface area contributed by atoms with E-state index in [1.807, 2.05) is 51.2 Å². The van der Waals surface area contributed by atoms with E-state index >= 15 is 0 Å². The number of piperidine rings is 1. The van der Waals surface area contributed by atoms with Crippen LogP contribution in [0.15, 0.2) is 24.7 Å². The maximum atomic E-state index is 14.1. The predicted octanol–water partition coefficient (Wildman–Crippen LogP) is 5.35. The maximum Gasteiger partial charge on any atom is 0.410 e. The highest BCUT2D eigenvalue weighted by Gasteiger charge is 2.60. The second-order valence-electron chi connectivity index (χ2n) is 11.3. The van der Waals surface area contributed by atoms with E-state index in [0.29, 0.717) is 25.3 Å². The van der Waals surface area contributed by atoms with Gasteiger partial charge in [0.05, 0.1) is 24.1 Å². The molecule has 0 N–H and O–H groups in total. The largest absolute Gasteiger partial charge is 0.444 e. The number of halogens is 1. The van der Waals surface area contributed by atoms with E-state index in [0.717, 1.165) is 53.5 Å². The smallest absolute Gasteiger partial charge is 0.410 e. The van der Waals surface area contributed by atoms with Crippen LogP contribution in [0.4, 0.5) is 8.68 Å². The second kappa shape index (κ2) is 7.70. The molecular weight excluding hydrogens is 469 g/mol. The molecule has 2 spiro atoms. The minimum Gasteiger partial charge on any atom is -0.444 e. The third-order valence-electron chi connectivity index (χ3n) is 7.69. The van der Waals surface area contributed by atoms with Gasteiger partial charge in [0.15, 0.2) is 18.0 Å². The topological polar surface area (TPSA) is 74.4 Å². The Morgan fingerprint density at radius 2 is 1.97 bits per heavy atom. The van der Waals surface area contributed by atoms with Crippen molar-refractivity contribution in [3.05, 3.63) is 35.8 Å². The summed E-state index contributed by atoms with van der Waals surface area (Å²) in [6.07, 6.45) is 8.91. The molecular formula is C25H30FN5O3S. The maximum absolute atomic E-state index is 14.1. The molecule has 8 nitrogen and oxygen atoms in total. The van der Waals surface area contributed by atoms with Crippen molar-refractivity contribution in [3.63, 3.8) is 0 Å². The molecule has 3 aromatic heterocycles. The highest BCUT2D eigenvalue weighted by Crippen LogP contribution is 2.64. The van der Waals surface area contributed by atoms with Crippen LogP contribution in [0, 0.1) is 5.41 Å². The zero-order valence-corrected chi connectivity index (χ0v) is 21.3. The van der Waals surface area contributed by atoms with Gasteiger partial charge in [-0.2, -0.15) is 5.10 Å². The van der Waals surface area contributed by atoms with Crippen LogP contribution in [0.2, 0.25) is 0 Å².